The highest BCUT2D eigenvalue weighted by Gasteiger charge is 2.29. The van der Waals surface area contributed by atoms with Gasteiger partial charge in [0.05, 0.1) is 6.04 Å². The van der Waals surface area contributed by atoms with Crippen LogP contribution in [0, 0.1) is 0 Å². The van der Waals surface area contributed by atoms with Gasteiger partial charge in [0, 0.05) is 12.3 Å². The lowest BCUT2D eigenvalue weighted by Gasteiger charge is -2.24. The lowest BCUT2D eigenvalue weighted by Crippen LogP contribution is -2.57. The number of aliphatic carboxylic acids is 1. The second kappa shape index (κ2) is 19.0. The smallest absolute Gasteiger partial charge is 0.326 e. The van der Waals surface area contributed by atoms with Crippen LogP contribution in [0.15, 0.2) is 4.99 Å². The molecular formula is C20H40N8O5S2. The van der Waals surface area contributed by atoms with E-state index >= 15 is 0 Å². The fraction of sp³-hybridized carbons (Fsp3) is 0.750. The number of nitrogens with zero attached hydrogens (tertiary/aromatic N) is 1. The third-order valence-corrected chi connectivity index (χ3v) is 5.93. The molecular weight excluding hydrogens is 496 g/mol. The second-order valence-corrected chi connectivity index (χ2v) is 9.18. The van der Waals surface area contributed by atoms with Crippen molar-refractivity contribution in [1.29, 1.82) is 0 Å². The summed E-state index contributed by atoms with van der Waals surface area (Å²) < 4.78 is 0. The highest BCUT2D eigenvalue weighted by molar-refractivity contribution is 7.98. The van der Waals surface area contributed by atoms with Crippen LogP contribution >= 0.6 is 24.4 Å². The summed E-state index contributed by atoms with van der Waals surface area (Å²) in [6.45, 7) is 0.734. The van der Waals surface area contributed by atoms with E-state index in [0.717, 1.165) is 0 Å². The van der Waals surface area contributed by atoms with E-state index in [2.05, 4.69) is 33.6 Å². The zero-order valence-corrected chi connectivity index (χ0v) is 21.8. The molecule has 0 rings (SSSR count). The van der Waals surface area contributed by atoms with Gasteiger partial charge in [0.2, 0.25) is 17.7 Å². The molecule has 0 aliphatic heterocycles. The first kappa shape index (κ1) is 32.8. The van der Waals surface area contributed by atoms with Gasteiger partial charge in [0.15, 0.2) is 5.96 Å². The zero-order valence-electron chi connectivity index (χ0n) is 20.1. The van der Waals surface area contributed by atoms with Crippen molar-refractivity contribution >= 4 is 54.0 Å². The molecule has 0 aliphatic rings. The molecule has 0 aromatic heterocycles. The first-order valence-corrected chi connectivity index (χ1v) is 13.3. The summed E-state index contributed by atoms with van der Waals surface area (Å²) in [5.41, 5.74) is 22.0. The Morgan fingerprint density at radius 2 is 1.51 bits per heavy atom. The number of carbonyl (C=O) groups is 4. The number of nitrogens with two attached hydrogens (primary N) is 4. The van der Waals surface area contributed by atoms with E-state index in [0.29, 0.717) is 44.5 Å². The first-order valence-electron chi connectivity index (χ1n) is 11.3. The Bertz CT molecular complexity index is 709. The topological polar surface area (TPSA) is 241 Å². The average molecular weight is 537 g/mol. The molecule has 15 heteroatoms. The van der Waals surface area contributed by atoms with Crippen molar-refractivity contribution in [1.82, 2.24) is 16.0 Å². The fourth-order valence-corrected chi connectivity index (χ4v) is 3.65. The van der Waals surface area contributed by atoms with Crippen LogP contribution in [0.25, 0.3) is 0 Å². The second-order valence-electron chi connectivity index (χ2n) is 7.83. The lowest BCUT2D eigenvalue weighted by molar-refractivity contribution is -0.142. The molecule has 0 radical (unpaired) electrons. The van der Waals surface area contributed by atoms with Crippen molar-refractivity contribution in [3.8, 4) is 0 Å². The van der Waals surface area contributed by atoms with Crippen LogP contribution in [0.2, 0.25) is 0 Å². The van der Waals surface area contributed by atoms with E-state index < -0.39 is 47.9 Å². The van der Waals surface area contributed by atoms with Crippen LogP contribution in [-0.4, -0.2) is 89.8 Å². The number of nitrogens with one attached hydrogen (secondary N) is 3. The molecule has 0 bridgehead atoms. The summed E-state index contributed by atoms with van der Waals surface area (Å²) in [5, 5.41) is 16.9. The minimum Gasteiger partial charge on any atom is -0.480 e. The first-order chi connectivity index (χ1) is 16.6. The van der Waals surface area contributed by atoms with E-state index in [1.165, 1.54) is 11.8 Å². The number of carboxylic acids is 1. The highest BCUT2D eigenvalue weighted by atomic mass is 32.2. The Labute approximate surface area is 215 Å². The number of thiol groups is 1. The Morgan fingerprint density at radius 1 is 0.914 bits per heavy atom. The summed E-state index contributed by atoms with van der Waals surface area (Å²) in [6.07, 6.45) is 4.30. The zero-order chi connectivity index (χ0) is 26.8. The minimum absolute atomic E-state index is 0.0543. The summed E-state index contributed by atoms with van der Waals surface area (Å²) in [4.78, 5) is 53.3. The predicted molar refractivity (Wildman–Crippen MR) is 141 cm³/mol. The lowest BCUT2D eigenvalue weighted by atomic mass is 10.1. The molecule has 0 spiro atoms. The monoisotopic (exact) mass is 536 g/mol. The maximum absolute atomic E-state index is 12.9. The number of rotatable bonds is 19. The van der Waals surface area contributed by atoms with Crippen molar-refractivity contribution in [2.24, 2.45) is 27.9 Å². The number of unbranched alkanes of at least 4 members (excludes halogenated alkanes) is 1. The quantitative estimate of drug-likeness (QED) is 0.0370. The molecule has 0 aromatic carbocycles. The van der Waals surface area contributed by atoms with Crippen LogP contribution in [0.1, 0.15) is 38.5 Å². The number of hydrogen-bond donors (Lipinski definition) is 9. The SMILES string of the molecule is CSCCC(NC(=O)C(CS)NC(=O)C(CCCCN)NC(=O)C(N)CCCN=C(N)N)C(=O)O. The molecule has 0 aromatic rings. The number of amides is 3. The van der Waals surface area contributed by atoms with E-state index in [1.807, 2.05) is 6.26 Å². The molecule has 35 heavy (non-hydrogen) atoms. The van der Waals surface area contributed by atoms with Gasteiger partial charge in [-0.1, -0.05) is 0 Å². The fourth-order valence-electron chi connectivity index (χ4n) is 2.92. The van der Waals surface area contributed by atoms with E-state index in [1.54, 1.807) is 0 Å². The van der Waals surface area contributed by atoms with Crippen molar-refractivity contribution in [2.75, 3.05) is 30.9 Å². The Kier molecular flexibility index (Phi) is 17.8. The van der Waals surface area contributed by atoms with Gasteiger partial charge in [-0.25, -0.2) is 4.79 Å². The summed E-state index contributed by atoms with van der Waals surface area (Å²) in [6, 6.07) is -4.03. The third kappa shape index (κ3) is 14.7. The van der Waals surface area contributed by atoms with Crippen LogP contribution in [0.4, 0.5) is 0 Å². The molecule has 0 heterocycles. The molecule has 12 N–H and O–H groups in total. The Hall–Kier alpha value is -2.23. The summed E-state index contributed by atoms with van der Waals surface area (Å²) in [7, 11) is 0. The van der Waals surface area contributed by atoms with Crippen LogP contribution in [0.5, 0.6) is 0 Å². The predicted octanol–water partition coefficient (Wildman–Crippen LogP) is -2.28. The van der Waals surface area contributed by atoms with Gasteiger partial charge in [-0.3, -0.25) is 19.4 Å². The Balaban J connectivity index is 5.15. The van der Waals surface area contributed by atoms with Crippen molar-refractivity contribution in [3.63, 3.8) is 0 Å². The van der Waals surface area contributed by atoms with Crippen molar-refractivity contribution in [2.45, 2.75) is 62.7 Å². The summed E-state index contributed by atoms with van der Waals surface area (Å²) in [5.74, 6) is -2.56. The molecule has 202 valence electrons. The van der Waals surface area contributed by atoms with Gasteiger partial charge < -0.3 is 44.0 Å². The molecule has 13 nitrogen and oxygen atoms in total. The standard InChI is InChI=1S/C20H40N8O5S2/c1-35-10-7-14(19(32)33)27-18(31)15(11-34)28-17(30)13(6-2-3-8-21)26-16(29)12(22)5-4-9-25-20(23)24/h12-15,34H,2-11,21-22H2,1H3,(H,26,29)(H,27,31)(H,28,30)(H,32,33)(H4,23,24,25). The number of aliphatic imine (C=N–C) groups is 1. The number of thioether (sulfide) groups is 1. The van der Waals surface area contributed by atoms with Gasteiger partial charge in [-0.2, -0.15) is 24.4 Å². The van der Waals surface area contributed by atoms with Gasteiger partial charge in [0.25, 0.3) is 0 Å². The van der Waals surface area contributed by atoms with Crippen LogP contribution < -0.4 is 38.9 Å². The largest absolute Gasteiger partial charge is 0.480 e. The summed E-state index contributed by atoms with van der Waals surface area (Å²) >= 11 is 5.57. The van der Waals surface area contributed by atoms with Crippen LogP contribution in [0.3, 0.4) is 0 Å². The van der Waals surface area contributed by atoms with Gasteiger partial charge in [0.1, 0.15) is 18.1 Å². The van der Waals surface area contributed by atoms with E-state index in [9.17, 15) is 24.3 Å². The molecule has 0 fully saturated rings. The van der Waals surface area contributed by atoms with Gasteiger partial charge in [-0.05, 0) is 57.1 Å². The van der Waals surface area contributed by atoms with E-state index in [4.69, 9.17) is 22.9 Å². The maximum atomic E-state index is 12.9. The van der Waals surface area contributed by atoms with Gasteiger partial charge in [-0.15, -0.1) is 0 Å². The van der Waals surface area contributed by atoms with Crippen molar-refractivity contribution < 1.29 is 24.3 Å². The molecule has 4 atom stereocenters. The average Bonchev–Trinajstić information content (AvgIpc) is 2.81. The molecule has 0 aliphatic carbocycles. The third-order valence-electron chi connectivity index (χ3n) is 4.93. The maximum Gasteiger partial charge on any atom is 0.326 e. The van der Waals surface area contributed by atoms with Gasteiger partial charge >= 0.3 is 5.97 Å². The van der Waals surface area contributed by atoms with Crippen LogP contribution in [-0.2, 0) is 19.2 Å². The minimum atomic E-state index is -1.17. The Morgan fingerprint density at radius 3 is 2.06 bits per heavy atom. The number of guanidine groups is 1. The van der Waals surface area contributed by atoms with Crippen molar-refractivity contribution in [3.05, 3.63) is 0 Å². The number of hydrogen-bond acceptors (Lipinski definition) is 9. The van der Waals surface area contributed by atoms with E-state index in [-0.39, 0.29) is 24.6 Å². The number of carbonyl (C=O) groups excluding carboxylic acids is 3. The molecule has 4 unspecified atom stereocenters. The highest BCUT2D eigenvalue weighted by Crippen LogP contribution is 2.06. The molecule has 3 amide bonds. The molecule has 0 saturated carbocycles. The molecule has 0 saturated heterocycles. The normalized spacial score (nSPS) is 14.2. The number of carboxylic acid groups (broad SMARTS) is 1.